The second-order valence-electron chi connectivity index (χ2n) is 6.16. The predicted octanol–water partition coefficient (Wildman–Crippen LogP) is 1.97. The molecule has 0 saturated heterocycles. The molecule has 0 unspecified atom stereocenters. The quantitative estimate of drug-likeness (QED) is 0.936. The van der Waals surface area contributed by atoms with Gasteiger partial charge in [0, 0.05) is 18.3 Å². The third-order valence-corrected chi connectivity index (χ3v) is 4.24. The monoisotopic (exact) mass is 302 g/mol. The summed E-state index contributed by atoms with van der Waals surface area (Å²) in [5, 5.41) is 11.5. The highest BCUT2D eigenvalue weighted by Gasteiger charge is 2.24. The van der Waals surface area contributed by atoms with Crippen LogP contribution in [0.1, 0.15) is 62.0 Å². The largest absolute Gasteiger partial charge is 0.349 e. The van der Waals surface area contributed by atoms with Gasteiger partial charge in [-0.1, -0.05) is 0 Å². The third kappa shape index (κ3) is 3.18. The van der Waals surface area contributed by atoms with Crippen molar-refractivity contribution in [3.63, 3.8) is 0 Å². The van der Waals surface area contributed by atoms with Crippen molar-refractivity contribution >= 4 is 5.91 Å². The molecule has 0 spiro atoms. The molecule has 2 aromatic rings. The van der Waals surface area contributed by atoms with Crippen LogP contribution >= 0.6 is 0 Å². The number of amides is 1. The van der Waals surface area contributed by atoms with E-state index < -0.39 is 0 Å². The maximum absolute atomic E-state index is 12.3. The maximum Gasteiger partial charge on any atom is 0.254 e. The van der Waals surface area contributed by atoms with E-state index in [4.69, 9.17) is 0 Å². The average Bonchev–Trinajstić information content (AvgIpc) is 3.20. The van der Waals surface area contributed by atoms with Gasteiger partial charge in [0.25, 0.3) is 5.91 Å². The summed E-state index contributed by atoms with van der Waals surface area (Å²) in [5.74, 6) is -0.0314. The first kappa shape index (κ1) is 14.7. The van der Waals surface area contributed by atoms with E-state index in [1.54, 1.807) is 29.7 Å². The Morgan fingerprint density at radius 2 is 2.05 bits per heavy atom. The van der Waals surface area contributed by atoms with Gasteiger partial charge in [-0.2, -0.15) is 10.2 Å². The number of hydrogen-bond donors (Lipinski definition) is 1. The highest BCUT2D eigenvalue weighted by Crippen LogP contribution is 2.27. The molecule has 0 aromatic carbocycles. The van der Waals surface area contributed by atoms with Crippen molar-refractivity contribution in [3.8, 4) is 0 Å². The Morgan fingerprint density at radius 1 is 1.27 bits per heavy atom. The van der Waals surface area contributed by atoms with Crippen LogP contribution in [0.5, 0.6) is 0 Å². The van der Waals surface area contributed by atoms with Gasteiger partial charge in [0.1, 0.15) is 12.7 Å². The molecular formula is C15H22N6O. The molecule has 1 aliphatic carbocycles. The Labute approximate surface area is 129 Å². The first-order valence-corrected chi connectivity index (χ1v) is 7.82. The molecule has 0 atom stereocenters. The summed E-state index contributed by atoms with van der Waals surface area (Å²) in [5.41, 5.74) is 0.632. The zero-order chi connectivity index (χ0) is 15.5. The van der Waals surface area contributed by atoms with E-state index in [0.29, 0.717) is 11.6 Å². The second-order valence-corrected chi connectivity index (χ2v) is 6.16. The number of carbonyl (C=O) groups excluding carboxylic acids is 1. The molecule has 3 rings (SSSR count). The number of nitrogens with one attached hydrogen (secondary N) is 1. The van der Waals surface area contributed by atoms with Gasteiger partial charge in [-0.05, 0) is 39.5 Å². The molecule has 1 saturated carbocycles. The summed E-state index contributed by atoms with van der Waals surface area (Å²) in [6, 6.07) is 0.897. The highest BCUT2D eigenvalue weighted by atomic mass is 16.1. The Hall–Kier alpha value is -2.18. The number of hydrogen-bond acceptors (Lipinski definition) is 4. The molecule has 1 N–H and O–H groups in total. The normalized spacial score (nSPS) is 22.0. The topological polar surface area (TPSA) is 77.6 Å². The average molecular weight is 302 g/mol. The first-order valence-electron chi connectivity index (χ1n) is 7.82. The Balaban J connectivity index is 1.52. The van der Waals surface area contributed by atoms with Crippen LogP contribution in [0.4, 0.5) is 0 Å². The Bertz CT molecular complexity index is 610. The van der Waals surface area contributed by atoms with Crippen molar-refractivity contribution < 1.29 is 4.79 Å². The molecule has 1 amide bonds. The summed E-state index contributed by atoms with van der Waals surface area (Å²) >= 11 is 0. The predicted molar refractivity (Wildman–Crippen MR) is 81.4 cm³/mol. The van der Waals surface area contributed by atoms with Crippen LogP contribution < -0.4 is 5.32 Å². The lowest BCUT2D eigenvalue weighted by molar-refractivity contribution is 0.0921. The van der Waals surface area contributed by atoms with Gasteiger partial charge < -0.3 is 5.32 Å². The number of nitrogens with zero attached hydrogens (tertiary/aromatic N) is 5. The molecule has 0 radical (unpaired) electrons. The number of rotatable bonds is 4. The zero-order valence-electron chi connectivity index (χ0n) is 13.0. The molecule has 1 fully saturated rings. The zero-order valence-corrected chi connectivity index (χ0v) is 13.0. The van der Waals surface area contributed by atoms with E-state index in [9.17, 15) is 4.79 Å². The lowest BCUT2D eigenvalue weighted by Crippen LogP contribution is -2.38. The van der Waals surface area contributed by atoms with Gasteiger partial charge in [-0.25, -0.2) is 9.67 Å². The molecule has 2 aromatic heterocycles. The second kappa shape index (κ2) is 6.29. The molecular weight excluding hydrogens is 280 g/mol. The minimum atomic E-state index is -0.0314. The molecule has 22 heavy (non-hydrogen) atoms. The fraction of sp³-hybridized carbons (Fsp3) is 0.600. The molecule has 7 heteroatoms. The number of aromatic nitrogens is 5. The van der Waals surface area contributed by atoms with Gasteiger partial charge >= 0.3 is 0 Å². The standard InChI is InChI=1S/C15H22N6O/c1-11(2)20-8-12(7-17-20)15(22)19-13-3-5-14(6-4-13)21-10-16-9-18-21/h7-11,13-14H,3-6H2,1-2H3,(H,19,22). The van der Waals surface area contributed by atoms with Crippen LogP contribution in [0.25, 0.3) is 0 Å². The lowest BCUT2D eigenvalue weighted by atomic mass is 9.91. The fourth-order valence-corrected chi connectivity index (χ4v) is 2.90. The number of carbonyl (C=O) groups is 1. The molecule has 0 bridgehead atoms. The van der Waals surface area contributed by atoms with E-state index in [0.717, 1.165) is 25.7 Å². The van der Waals surface area contributed by atoms with Crippen LogP contribution in [0.2, 0.25) is 0 Å². The van der Waals surface area contributed by atoms with Crippen molar-refractivity contribution in [2.24, 2.45) is 0 Å². The van der Waals surface area contributed by atoms with Gasteiger partial charge in [-0.15, -0.1) is 0 Å². The van der Waals surface area contributed by atoms with Gasteiger partial charge in [-0.3, -0.25) is 9.48 Å². The molecule has 0 aliphatic heterocycles. The van der Waals surface area contributed by atoms with Crippen molar-refractivity contribution in [3.05, 3.63) is 30.6 Å². The van der Waals surface area contributed by atoms with Crippen LogP contribution in [0.3, 0.4) is 0 Å². The van der Waals surface area contributed by atoms with E-state index >= 15 is 0 Å². The van der Waals surface area contributed by atoms with Crippen molar-refractivity contribution in [1.29, 1.82) is 0 Å². The molecule has 7 nitrogen and oxygen atoms in total. The summed E-state index contributed by atoms with van der Waals surface area (Å²) < 4.78 is 3.72. The Morgan fingerprint density at radius 3 is 2.64 bits per heavy atom. The summed E-state index contributed by atoms with van der Waals surface area (Å²) in [6.07, 6.45) is 10.7. The minimum absolute atomic E-state index is 0.0314. The first-order chi connectivity index (χ1) is 10.6. The van der Waals surface area contributed by atoms with E-state index in [-0.39, 0.29) is 18.0 Å². The van der Waals surface area contributed by atoms with Crippen LogP contribution in [-0.2, 0) is 0 Å². The molecule has 2 heterocycles. The van der Waals surface area contributed by atoms with E-state index in [1.807, 2.05) is 18.5 Å². The van der Waals surface area contributed by atoms with E-state index in [1.165, 1.54) is 0 Å². The SMILES string of the molecule is CC(C)n1cc(C(=O)NC2CCC(n3cncn3)CC2)cn1. The fourth-order valence-electron chi connectivity index (χ4n) is 2.90. The minimum Gasteiger partial charge on any atom is -0.349 e. The van der Waals surface area contributed by atoms with Crippen molar-refractivity contribution in [1.82, 2.24) is 29.9 Å². The summed E-state index contributed by atoms with van der Waals surface area (Å²) in [7, 11) is 0. The van der Waals surface area contributed by atoms with Crippen LogP contribution in [0, 0.1) is 0 Å². The Kier molecular flexibility index (Phi) is 4.22. The van der Waals surface area contributed by atoms with Crippen molar-refractivity contribution in [2.75, 3.05) is 0 Å². The lowest BCUT2D eigenvalue weighted by Gasteiger charge is -2.28. The van der Waals surface area contributed by atoms with E-state index in [2.05, 4.69) is 20.5 Å². The van der Waals surface area contributed by atoms with Crippen molar-refractivity contribution in [2.45, 2.75) is 57.7 Å². The maximum atomic E-state index is 12.3. The molecule has 1 aliphatic rings. The van der Waals surface area contributed by atoms with Crippen LogP contribution in [0.15, 0.2) is 25.0 Å². The smallest absolute Gasteiger partial charge is 0.254 e. The van der Waals surface area contributed by atoms with Gasteiger partial charge in [0.2, 0.25) is 0 Å². The highest BCUT2D eigenvalue weighted by molar-refractivity contribution is 5.93. The molecule has 118 valence electrons. The summed E-state index contributed by atoms with van der Waals surface area (Å²) in [6.45, 7) is 4.08. The van der Waals surface area contributed by atoms with Crippen LogP contribution in [-0.4, -0.2) is 36.5 Å². The van der Waals surface area contributed by atoms with Gasteiger partial charge in [0.15, 0.2) is 0 Å². The van der Waals surface area contributed by atoms with Gasteiger partial charge in [0.05, 0.1) is 17.8 Å². The third-order valence-electron chi connectivity index (χ3n) is 4.24. The summed E-state index contributed by atoms with van der Waals surface area (Å²) in [4.78, 5) is 16.3.